The van der Waals surface area contributed by atoms with Crippen molar-refractivity contribution in [3.8, 4) is 16.9 Å². The molecule has 0 bridgehead atoms. The number of aromatic nitrogens is 5. The fraction of sp³-hybridized carbons (Fsp3) is 0.158. The van der Waals surface area contributed by atoms with Crippen molar-refractivity contribution >= 4 is 11.0 Å². The highest BCUT2D eigenvalue weighted by Gasteiger charge is 2.11. The molecule has 3 heterocycles. The fourth-order valence-electron chi connectivity index (χ4n) is 2.86. The van der Waals surface area contributed by atoms with E-state index in [0.717, 1.165) is 17.6 Å². The first-order chi connectivity index (χ1) is 12.6. The van der Waals surface area contributed by atoms with Crippen molar-refractivity contribution in [2.45, 2.75) is 6.54 Å². The summed E-state index contributed by atoms with van der Waals surface area (Å²) < 4.78 is 1.67. The molecule has 1 aromatic carbocycles. The Balaban J connectivity index is 1.68. The van der Waals surface area contributed by atoms with E-state index >= 15 is 0 Å². The van der Waals surface area contributed by atoms with E-state index in [1.807, 2.05) is 38.4 Å². The zero-order valence-electron chi connectivity index (χ0n) is 14.5. The second-order valence-electron chi connectivity index (χ2n) is 6.41. The smallest absolute Gasteiger partial charge is 0.259 e. The van der Waals surface area contributed by atoms with E-state index in [1.54, 1.807) is 23.1 Å². The minimum absolute atomic E-state index is 0.232. The number of H-pyrrole nitrogens is 1. The van der Waals surface area contributed by atoms with Crippen LogP contribution in [0.15, 0.2) is 59.7 Å². The molecule has 130 valence electrons. The standard InChI is InChI=1S/C19H18N6O/c1-24(2)11-13-5-7-15(8-6-13)25-12-17(22-23-25)16-10-14-4-3-9-20-18(14)21-19(16)26/h3-10,12H,11H2,1-2H3,(H,20,21,26). The third kappa shape index (κ3) is 3.12. The number of nitrogens with zero attached hydrogens (tertiary/aromatic N) is 5. The summed E-state index contributed by atoms with van der Waals surface area (Å²) in [5.41, 5.74) is 3.44. The lowest BCUT2D eigenvalue weighted by atomic mass is 10.1. The van der Waals surface area contributed by atoms with E-state index in [4.69, 9.17) is 0 Å². The maximum atomic E-state index is 12.3. The van der Waals surface area contributed by atoms with Gasteiger partial charge in [-0.05, 0) is 50.0 Å². The Morgan fingerprint density at radius 1 is 1.15 bits per heavy atom. The van der Waals surface area contributed by atoms with Crippen molar-refractivity contribution in [2.75, 3.05) is 14.1 Å². The van der Waals surface area contributed by atoms with Gasteiger partial charge in [0.25, 0.3) is 5.56 Å². The zero-order chi connectivity index (χ0) is 18.1. The van der Waals surface area contributed by atoms with Gasteiger partial charge in [-0.2, -0.15) is 0 Å². The molecule has 0 aliphatic heterocycles. The largest absolute Gasteiger partial charge is 0.306 e. The predicted molar refractivity (Wildman–Crippen MR) is 100 cm³/mol. The summed E-state index contributed by atoms with van der Waals surface area (Å²) in [7, 11) is 4.07. The number of aromatic amines is 1. The average molecular weight is 346 g/mol. The van der Waals surface area contributed by atoms with Crippen molar-refractivity contribution in [2.24, 2.45) is 0 Å². The Morgan fingerprint density at radius 3 is 2.73 bits per heavy atom. The van der Waals surface area contributed by atoms with Gasteiger partial charge < -0.3 is 9.88 Å². The first-order valence-electron chi connectivity index (χ1n) is 8.25. The minimum Gasteiger partial charge on any atom is -0.306 e. The zero-order valence-corrected chi connectivity index (χ0v) is 14.5. The molecule has 0 saturated heterocycles. The summed E-state index contributed by atoms with van der Waals surface area (Å²) in [6.07, 6.45) is 3.40. The lowest BCUT2D eigenvalue weighted by Gasteiger charge is -2.09. The number of hydrogen-bond acceptors (Lipinski definition) is 5. The third-order valence-electron chi connectivity index (χ3n) is 4.08. The number of benzene rings is 1. The molecule has 0 atom stereocenters. The Bertz CT molecular complexity index is 1110. The van der Waals surface area contributed by atoms with Gasteiger partial charge in [0, 0.05) is 18.1 Å². The minimum atomic E-state index is -0.232. The van der Waals surface area contributed by atoms with Crippen LogP contribution in [0.25, 0.3) is 28.0 Å². The van der Waals surface area contributed by atoms with Crippen LogP contribution >= 0.6 is 0 Å². The van der Waals surface area contributed by atoms with Crippen LogP contribution in [0.4, 0.5) is 0 Å². The van der Waals surface area contributed by atoms with Gasteiger partial charge in [0.15, 0.2) is 0 Å². The van der Waals surface area contributed by atoms with Crippen molar-refractivity contribution < 1.29 is 0 Å². The quantitative estimate of drug-likeness (QED) is 0.613. The lowest BCUT2D eigenvalue weighted by Crippen LogP contribution is -2.10. The maximum Gasteiger partial charge on any atom is 0.259 e. The van der Waals surface area contributed by atoms with Gasteiger partial charge in [-0.3, -0.25) is 4.79 Å². The first-order valence-corrected chi connectivity index (χ1v) is 8.25. The van der Waals surface area contributed by atoms with Crippen molar-refractivity contribution in [1.82, 2.24) is 29.9 Å². The molecule has 0 saturated carbocycles. The predicted octanol–water partition coefficient (Wildman–Crippen LogP) is 2.23. The molecule has 1 N–H and O–H groups in total. The van der Waals surface area contributed by atoms with Gasteiger partial charge in [0.2, 0.25) is 0 Å². The highest BCUT2D eigenvalue weighted by molar-refractivity contribution is 5.79. The highest BCUT2D eigenvalue weighted by atomic mass is 16.1. The van der Waals surface area contributed by atoms with Gasteiger partial charge in [-0.15, -0.1) is 5.10 Å². The van der Waals surface area contributed by atoms with E-state index in [-0.39, 0.29) is 5.56 Å². The van der Waals surface area contributed by atoms with Gasteiger partial charge >= 0.3 is 0 Å². The molecule has 26 heavy (non-hydrogen) atoms. The summed E-state index contributed by atoms with van der Waals surface area (Å²) in [5.74, 6) is 0. The topological polar surface area (TPSA) is 79.7 Å². The number of fused-ring (bicyclic) bond motifs is 1. The van der Waals surface area contributed by atoms with E-state index in [9.17, 15) is 4.79 Å². The van der Waals surface area contributed by atoms with Crippen LogP contribution in [0, 0.1) is 0 Å². The molecule has 0 aliphatic rings. The van der Waals surface area contributed by atoms with Crippen LogP contribution in [0.5, 0.6) is 0 Å². The van der Waals surface area contributed by atoms with Gasteiger partial charge in [0.1, 0.15) is 11.3 Å². The number of rotatable bonds is 4. The summed E-state index contributed by atoms with van der Waals surface area (Å²) >= 11 is 0. The molecule has 0 fully saturated rings. The second-order valence-corrected chi connectivity index (χ2v) is 6.41. The number of hydrogen-bond donors (Lipinski definition) is 1. The normalized spacial score (nSPS) is 11.3. The van der Waals surface area contributed by atoms with Gasteiger partial charge in [0.05, 0.1) is 17.4 Å². The molecular weight excluding hydrogens is 328 g/mol. The molecule has 0 unspecified atom stereocenters. The average Bonchev–Trinajstić information content (AvgIpc) is 3.11. The molecule has 0 amide bonds. The second kappa shape index (κ2) is 6.53. The Hall–Kier alpha value is -3.32. The molecule has 7 nitrogen and oxygen atoms in total. The Kier molecular flexibility index (Phi) is 4.06. The van der Waals surface area contributed by atoms with Crippen molar-refractivity contribution in [1.29, 1.82) is 0 Å². The van der Waals surface area contributed by atoms with Crippen LogP contribution in [0.2, 0.25) is 0 Å². The summed E-state index contributed by atoms with van der Waals surface area (Å²) in [4.78, 5) is 21.4. The summed E-state index contributed by atoms with van der Waals surface area (Å²) in [5, 5.41) is 9.18. The molecule has 4 rings (SSSR count). The van der Waals surface area contributed by atoms with Crippen LogP contribution in [-0.2, 0) is 6.54 Å². The molecule has 0 spiro atoms. The molecule has 0 radical (unpaired) electrons. The van der Waals surface area contributed by atoms with Crippen molar-refractivity contribution in [3.63, 3.8) is 0 Å². The van der Waals surface area contributed by atoms with E-state index in [2.05, 4.69) is 37.3 Å². The Labute approximate surface area is 149 Å². The monoisotopic (exact) mass is 346 g/mol. The molecule has 4 aromatic rings. The van der Waals surface area contributed by atoms with E-state index < -0.39 is 0 Å². The van der Waals surface area contributed by atoms with Crippen LogP contribution in [0.3, 0.4) is 0 Å². The van der Waals surface area contributed by atoms with Crippen LogP contribution in [0.1, 0.15) is 5.56 Å². The number of pyridine rings is 2. The fourth-order valence-corrected chi connectivity index (χ4v) is 2.86. The third-order valence-corrected chi connectivity index (χ3v) is 4.08. The molecule has 7 heteroatoms. The molecule has 3 aromatic heterocycles. The van der Waals surface area contributed by atoms with Gasteiger partial charge in [-0.1, -0.05) is 17.3 Å². The Morgan fingerprint density at radius 2 is 1.96 bits per heavy atom. The number of nitrogens with one attached hydrogen (secondary N) is 1. The SMILES string of the molecule is CN(C)Cc1ccc(-n2cc(-c3cc4cccnc4[nH]c3=O)nn2)cc1. The van der Waals surface area contributed by atoms with E-state index in [0.29, 0.717) is 16.9 Å². The molecular formula is C19H18N6O. The summed E-state index contributed by atoms with van der Waals surface area (Å²) in [6.45, 7) is 0.878. The van der Waals surface area contributed by atoms with Crippen LogP contribution < -0.4 is 5.56 Å². The van der Waals surface area contributed by atoms with Crippen LogP contribution in [-0.4, -0.2) is 44.0 Å². The highest BCUT2D eigenvalue weighted by Crippen LogP contribution is 2.18. The lowest BCUT2D eigenvalue weighted by molar-refractivity contribution is 0.402. The van der Waals surface area contributed by atoms with Gasteiger partial charge in [-0.25, -0.2) is 9.67 Å². The first kappa shape index (κ1) is 16.2. The maximum absolute atomic E-state index is 12.3. The van der Waals surface area contributed by atoms with Crippen molar-refractivity contribution in [3.05, 3.63) is 70.8 Å². The molecule has 0 aliphatic carbocycles. The summed E-state index contributed by atoms with van der Waals surface area (Å²) in [6, 6.07) is 13.6. The van der Waals surface area contributed by atoms with E-state index in [1.165, 1.54) is 5.56 Å².